The molecule has 0 unspecified atom stereocenters. The van der Waals surface area contributed by atoms with E-state index in [0.717, 1.165) is 5.56 Å². The summed E-state index contributed by atoms with van der Waals surface area (Å²) < 4.78 is 32.7. The predicted molar refractivity (Wildman–Crippen MR) is 113 cm³/mol. The smallest absolute Gasteiger partial charge is 0.244 e. The van der Waals surface area contributed by atoms with Gasteiger partial charge in [-0.05, 0) is 37.1 Å². The SMILES string of the molecule is COc1ccccc1CNC(=O)[C@H]1CCCN(S(=O)(=O)c2cc(Cl)ccc2Cl)C1. The third-order valence-electron chi connectivity index (χ3n) is 4.91. The molecule has 1 aliphatic rings. The topological polar surface area (TPSA) is 75.7 Å². The van der Waals surface area contributed by atoms with Crippen LogP contribution >= 0.6 is 23.2 Å². The van der Waals surface area contributed by atoms with E-state index in [0.29, 0.717) is 31.7 Å². The molecule has 2 aromatic rings. The zero-order chi connectivity index (χ0) is 21.0. The minimum absolute atomic E-state index is 0.0400. The van der Waals surface area contributed by atoms with Gasteiger partial charge in [-0.3, -0.25) is 4.79 Å². The number of nitrogens with zero attached hydrogens (tertiary/aromatic N) is 1. The monoisotopic (exact) mass is 456 g/mol. The first-order valence-electron chi connectivity index (χ1n) is 9.17. The lowest BCUT2D eigenvalue weighted by Gasteiger charge is -2.31. The van der Waals surface area contributed by atoms with Crippen molar-refractivity contribution in [3.05, 3.63) is 58.1 Å². The van der Waals surface area contributed by atoms with E-state index in [1.807, 2.05) is 24.3 Å². The fourth-order valence-electron chi connectivity index (χ4n) is 3.36. The van der Waals surface area contributed by atoms with Crippen LogP contribution in [0.4, 0.5) is 0 Å². The van der Waals surface area contributed by atoms with Crippen molar-refractivity contribution in [2.45, 2.75) is 24.3 Å². The summed E-state index contributed by atoms with van der Waals surface area (Å²) in [7, 11) is -2.27. The van der Waals surface area contributed by atoms with Crippen LogP contribution in [0.1, 0.15) is 18.4 Å². The van der Waals surface area contributed by atoms with Gasteiger partial charge in [0, 0.05) is 30.2 Å². The molecule has 0 bridgehead atoms. The summed E-state index contributed by atoms with van der Waals surface area (Å²) in [6.07, 6.45) is 1.21. The maximum Gasteiger partial charge on any atom is 0.244 e. The normalized spacial score (nSPS) is 17.7. The summed E-state index contributed by atoms with van der Waals surface area (Å²) in [5.74, 6) is 0.0652. The Morgan fingerprint density at radius 3 is 2.76 bits per heavy atom. The van der Waals surface area contributed by atoms with Crippen molar-refractivity contribution in [1.82, 2.24) is 9.62 Å². The van der Waals surface area contributed by atoms with Crippen LogP contribution in [0.15, 0.2) is 47.4 Å². The number of amides is 1. The van der Waals surface area contributed by atoms with Gasteiger partial charge in [0.15, 0.2) is 0 Å². The van der Waals surface area contributed by atoms with Crippen molar-refractivity contribution in [2.24, 2.45) is 5.92 Å². The molecule has 0 aliphatic carbocycles. The number of sulfonamides is 1. The van der Waals surface area contributed by atoms with Gasteiger partial charge in [-0.15, -0.1) is 0 Å². The summed E-state index contributed by atoms with van der Waals surface area (Å²) >= 11 is 12.0. The Balaban J connectivity index is 1.70. The molecule has 1 saturated heterocycles. The molecule has 29 heavy (non-hydrogen) atoms. The molecule has 0 spiro atoms. The van der Waals surface area contributed by atoms with Crippen LogP contribution in [0.3, 0.4) is 0 Å². The molecule has 9 heteroatoms. The van der Waals surface area contributed by atoms with E-state index in [9.17, 15) is 13.2 Å². The first kappa shape index (κ1) is 21.9. The fourth-order valence-corrected chi connectivity index (χ4v) is 5.63. The number of hydrogen-bond acceptors (Lipinski definition) is 4. The molecule has 0 saturated carbocycles. The molecule has 0 radical (unpaired) electrons. The van der Waals surface area contributed by atoms with Gasteiger partial charge in [0.05, 0.1) is 18.1 Å². The van der Waals surface area contributed by atoms with Crippen molar-refractivity contribution in [3.63, 3.8) is 0 Å². The molecule has 2 aromatic carbocycles. The molecule has 156 valence electrons. The number of carbonyl (C=O) groups is 1. The number of rotatable bonds is 6. The van der Waals surface area contributed by atoms with Crippen molar-refractivity contribution in [2.75, 3.05) is 20.2 Å². The molecular weight excluding hydrogens is 435 g/mol. The molecule has 1 heterocycles. The third kappa shape index (κ3) is 5.04. The van der Waals surface area contributed by atoms with Crippen LogP contribution in [0, 0.1) is 5.92 Å². The van der Waals surface area contributed by atoms with Crippen molar-refractivity contribution >= 4 is 39.1 Å². The lowest BCUT2D eigenvalue weighted by Crippen LogP contribution is -2.45. The molecule has 1 N–H and O–H groups in total. The number of halogens is 2. The van der Waals surface area contributed by atoms with Gasteiger partial charge in [-0.1, -0.05) is 41.4 Å². The van der Waals surface area contributed by atoms with Crippen LogP contribution in [-0.4, -0.2) is 38.8 Å². The van der Waals surface area contributed by atoms with Crippen LogP contribution < -0.4 is 10.1 Å². The molecule has 1 atom stereocenters. The van der Waals surface area contributed by atoms with Gasteiger partial charge in [0.1, 0.15) is 10.6 Å². The van der Waals surface area contributed by atoms with E-state index in [1.54, 1.807) is 7.11 Å². The summed E-state index contributed by atoms with van der Waals surface area (Å²) in [6.45, 7) is 0.747. The number of benzene rings is 2. The van der Waals surface area contributed by atoms with Gasteiger partial charge in [0.25, 0.3) is 0 Å². The number of piperidine rings is 1. The van der Waals surface area contributed by atoms with Gasteiger partial charge < -0.3 is 10.1 Å². The van der Waals surface area contributed by atoms with E-state index in [2.05, 4.69) is 5.32 Å². The maximum absolute atomic E-state index is 13.0. The van der Waals surface area contributed by atoms with E-state index in [-0.39, 0.29) is 27.4 Å². The number of carbonyl (C=O) groups excluding carboxylic acids is 1. The standard InChI is InChI=1S/C20H22Cl2N2O4S/c1-28-18-7-3-2-5-14(18)12-23-20(25)15-6-4-10-24(13-15)29(26,27)19-11-16(21)8-9-17(19)22/h2-3,5,7-9,11,15H,4,6,10,12-13H2,1H3,(H,23,25)/t15-/m0/s1. The highest BCUT2D eigenvalue weighted by atomic mass is 35.5. The first-order valence-corrected chi connectivity index (χ1v) is 11.4. The van der Waals surface area contributed by atoms with Crippen molar-refractivity contribution in [3.8, 4) is 5.75 Å². The van der Waals surface area contributed by atoms with Crippen molar-refractivity contribution < 1.29 is 17.9 Å². The Hall–Kier alpha value is -1.80. The van der Waals surface area contributed by atoms with E-state index < -0.39 is 15.9 Å². The largest absolute Gasteiger partial charge is 0.496 e. The molecular formula is C20H22Cl2N2O4S. The second kappa shape index (κ2) is 9.34. The average Bonchev–Trinajstić information content (AvgIpc) is 2.73. The Morgan fingerprint density at radius 1 is 1.24 bits per heavy atom. The van der Waals surface area contributed by atoms with Crippen LogP contribution in [0.25, 0.3) is 0 Å². The lowest BCUT2D eigenvalue weighted by molar-refractivity contribution is -0.126. The molecule has 1 fully saturated rings. The van der Waals surface area contributed by atoms with Crippen molar-refractivity contribution in [1.29, 1.82) is 0 Å². The van der Waals surface area contributed by atoms with E-state index >= 15 is 0 Å². The predicted octanol–water partition coefficient (Wildman–Crippen LogP) is 3.72. The Labute approximate surface area is 180 Å². The maximum atomic E-state index is 13.0. The highest BCUT2D eigenvalue weighted by molar-refractivity contribution is 7.89. The summed E-state index contributed by atoms with van der Waals surface area (Å²) in [5.41, 5.74) is 0.856. The number of nitrogens with one attached hydrogen (secondary N) is 1. The van der Waals surface area contributed by atoms with Crippen LogP contribution in [0.2, 0.25) is 10.0 Å². The van der Waals surface area contributed by atoms with Crippen LogP contribution in [-0.2, 0) is 21.4 Å². The van der Waals surface area contributed by atoms with Gasteiger partial charge >= 0.3 is 0 Å². The quantitative estimate of drug-likeness (QED) is 0.718. The minimum atomic E-state index is -3.84. The third-order valence-corrected chi connectivity index (χ3v) is 7.49. The number of methoxy groups -OCH3 is 1. The second-order valence-corrected chi connectivity index (χ2v) is 9.56. The molecule has 6 nitrogen and oxygen atoms in total. The zero-order valence-corrected chi connectivity index (χ0v) is 18.2. The van der Waals surface area contributed by atoms with Gasteiger partial charge in [0.2, 0.25) is 15.9 Å². The first-order chi connectivity index (χ1) is 13.8. The molecule has 1 aliphatic heterocycles. The molecule has 1 amide bonds. The average molecular weight is 457 g/mol. The Kier molecular flexibility index (Phi) is 7.05. The molecule has 0 aromatic heterocycles. The summed E-state index contributed by atoms with van der Waals surface area (Å²) in [6, 6.07) is 11.8. The molecule has 3 rings (SSSR count). The Bertz CT molecular complexity index is 998. The zero-order valence-electron chi connectivity index (χ0n) is 15.9. The second-order valence-electron chi connectivity index (χ2n) is 6.81. The summed E-state index contributed by atoms with van der Waals surface area (Å²) in [4.78, 5) is 12.6. The lowest BCUT2D eigenvalue weighted by atomic mass is 9.98. The van der Waals surface area contributed by atoms with Gasteiger partial charge in [-0.25, -0.2) is 8.42 Å². The number of para-hydroxylation sites is 1. The van der Waals surface area contributed by atoms with E-state index in [4.69, 9.17) is 27.9 Å². The summed E-state index contributed by atoms with van der Waals surface area (Å²) in [5, 5.41) is 3.28. The minimum Gasteiger partial charge on any atom is -0.496 e. The van der Waals surface area contributed by atoms with Crippen LogP contribution in [0.5, 0.6) is 5.75 Å². The highest BCUT2D eigenvalue weighted by Gasteiger charge is 2.34. The van der Waals surface area contributed by atoms with E-state index in [1.165, 1.54) is 22.5 Å². The number of ether oxygens (including phenoxy) is 1. The fraction of sp³-hybridized carbons (Fsp3) is 0.350. The Morgan fingerprint density at radius 2 is 2.00 bits per heavy atom. The highest BCUT2D eigenvalue weighted by Crippen LogP contribution is 2.30. The van der Waals surface area contributed by atoms with Gasteiger partial charge in [-0.2, -0.15) is 4.31 Å². The number of hydrogen-bond donors (Lipinski definition) is 1.